The topological polar surface area (TPSA) is 59.8 Å². The largest absolute Gasteiger partial charge is 0.326 e. The fourth-order valence-corrected chi connectivity index (χ4v) is 4.22. The van der Waals surface area contributed by atoms with Gasteiger partial charge in [-0.25, -0.2) is 0 Å². The number of nitrogens with zero attached hydrogens (tertiary/aromatic N) is 3. The van der Waals surface area contributed by atoms with Crippen LogP contribution in [0.3, 0.4) is 0 Å². The molecule has 0 aliphatic carbocycles. The van der Waals surface area contributed by atoms with Crippen molar-refractivity contribution in [2.24, 2.45) is 0 Å². The normalized spacial score (nSPS) is 10.7. The Morgan fingerprint density at radius 2 is 1.58 bits per heavy atom. The van der Waals surface area contributed by atoms with Crippen molar-refractivity contribution in [3.05, 3.63) is 95.5 Å². The van der Waals surface area contributed by atoms with Gasteiger partial charge in [0.05, 0.1) is 11.6 Å². The third-order valence-electron chi connectivity index (χ3n) is 4.63. The van der Waals surface area contributed by atoms with Crippen LogP contribution < -0.4 is 5.32 Å². The molecule has 0 atom stereocenters. The first-order valence-electron chi connectivity index (χ1n) is 9.90. The molecule has 1 amide bonds. The van der Waals surface area contributed by atoms with Gasteiger partial charge in [0.2, 0.25) is 5.91 Å². The van der Waals surface area contributed by atoms with Crippen LogP contribution in [0.15, 0.2) is 90.1 Å². The minimum absolute atomic E-state index is 0.0286. The Hall–Kier alpha value is -3.09. The lowest BCUT2D eigenvalue weighted by Crippen LogP contribution is -2.12. The van der Waals surface area contributed by atoms with E-state index in [0.29, 0.717) is 29.6 Å². The van der Waals surface area contributed by atoms with Crippen LogP contribution >= 0.6 is 23.4 Å². The number of hydrogen-bond acceptors (Lipinski definition) is 4. The molecule has 0 saturated heterocycles. The molecule has 1 aromatic heterocycles. The number of carbonyl (C=O) groups excluding carboxylic acids is 1. The van der Waals surface area contributed by atoms with Crippen molar-refractivity contribution in [3.8, 4) is 11.4 Å². The van der Waals surface area contributed by atoms with Crippen LogP contribution in [0.4, 0.5) is 5.69 Å². The average Bonchev–Trinajstić information content (AvgIpc) is 3.17. The van der Waals surface area contributed by atoms with E-state index in [1.54, 1.807) is 0 Å². The van der Waals surface area contributed by atoms with Crippen molar-refractivity contribution in [3.63, 3.8) is 0 Å². The number of benzene rings is 3. The number of para-hydroxylation sites is 1. The molecule has 5 nitrogen and oxygen atoms in total. The lowest BCUT2D eigenvalue weighted by Gasteiger charge is -2.11. The van der Waals surface area contributed by atoms with E-state index in [0.717, 1.165) is 22.0 Å². The van der Waals surface area contributed by atoms with Crippen LogP contribution in [0.5, 0.6) is 0 Å². The van der Waals surface area contributed by atoms with E-state index in [1.807, 2.05) is 72.8 Å². The second kappa shape index (κ2) is 10.3. The number of anilines is 1. The van der Waals surface area contributed by atoms with E-state index >= 15 is 0 Å². The molecule has 0 bridgehead atoms. The van der Waals surface area contributed by atoms with Crippen LogP contribution in [0, 0.1) is 0 Å². The predicted molar refractivity (Wildman–Crippen MR) is 126 cm³/mol. The first-order chi connectivity index (χ1) is 15.2. The Morgan fingerprint density at radius 3 is 2.32 bits per heavy atom. The molecule has 0 fully saturated rings. The third kappa shape index (κ3) is 5.54. The molecular weight excluding hydrogens is 428 g/mol. The molecule has 31 heavy (non-hydrogen) atoms. The summed E-state index contributed by atoms with van der Waals surface area (Å²) >= 11 is 7.94. The van der Waals surface area contributed by atoms with Gasteiger partial charge in [-0.2, -0.15) is 0 Å². The molecule has 0 aliphatic rings. The van der Waals surface area contributed by atoms with E-state index in [4.69, 9.17) is 11.6 Å². The minimum Gasteiger partial charge on any atom is -0.326 e. The fourth-order valence-electron chi connectivity index (χ4n) is 3.13. The maximum absolute atomic E-state index is 12.3. The highest BCUT2D eigenvalue weighted by atomic mass is 35.5. The number of carbonyl (C=O) groups is 1. The van der Waals surface area contributed by atoms with E-state index < -0.39 is 0 Å². The first-order valence-corrected chi connectivity index (χ1v) is 11.3. The Balaban J connectivity index is 1.50. The van der Waals surface area contributed by atoms with Crippen LogP contribution in [0.2, 0.25) is 5.02 Å². The van der Waals surface area contributed by atoms with E-state index in [2.05, 4.69) is 32.2 Å². The lowest BCUT2D eigenvalue weighted by atomic mass is 10.2. The number of rotatable bonds is 8. The maximum Gasteiger partial charge on any atom is 0.225 e. The molecule has 4 rings (SSSR count). The number of halogens is 1. The number of nitrogens with one attached hydrogen (secondary N) is 1. The van der Waals surface area contributed by atoms with E-state index in [1.165, 1.54) is 11.8 Å². The van der Waals surface area contributed by atoms with Crippen LogP contribution in [0.25, 0.3) is 11.4 Å². The molecule has 0 unspecified atom stereocenters. The molecule has 156 valence electrons. The zero-order chi connectivity index (χ0) is 21.5. The van der Waals surface area contributed by atoms with Gasteiger partial charge in [0.1, 0.15) is 0 Å². The number of amides is 1. The quantitative estimate of drug-likeness (QED) is 0.348. The summed E-state index contributed by atoms with van der Waals surface area (Å²) in [5, 5.41) is 13.1. The molecule has 0 radical (unpaired) electrons. The summed E-state index contributed by atoms with van der Waals surface area (Å²) in [6.07, 6.45) is 0.374. The van der Waals surface area contributed by atoms with E-state index in [9.17, 15) is 4.79 Å². The third-order valence-corrected chi connectivity index (χ3v) is 5.93. The van der Waals surface area contributed by atoms with Crippen LogP contribution in [-0.2, 0) is 11.3 Å². The summed E-state index contributed by atoms with van der Waals surface area (Å²) < 4.78 is 2.05. The second-order valence-electron chi connectivity index (χ2n) is 6.87. The summed E-state index contributed by atoms with van der Waals surface area (Å²) in [7, 11) is 0. The monoisotopic (exact) mass is 448 g/mol. The van der Waals surface area contributed by atoms with Crippen molar-refractivity contribution in [2.45, 2.75) is 18.1 Å². The molecular formula is C24H21ClN4OS. The summed E-state index contributed by atoms with van der Waals surface area (Å²) in [6.45, 7) is 0.618. The molecule has 3 aromatic carbocycles. The highest BCUT2D eigenvalue weighted by Gasteiger charge is 2.17. The molecule has 0 saturated carbocycles. The van der Waals surface area contributed by atoms with Gasteiger partial charge in [0.15, 0.2) is 11.0 Å². The Kier molecular flexibility index (Phi) is 7.02. The SMILES string of the molecule is O=C(CCSc1nnc(-c2ccccc2Cl)n1Cc1ccccc1)Nc1ccccc1. The van der Waals surface area contributed by atoms with Crippen molar-refractivity contribution >= 4 is 35.0 Å². The molecule has 0 aliphatic heterocycles. The van der Waals surface area contributed by atoms with Crippen molar-refractivity contribution in [2.75, 3.05) is 11.1 Å². The average molecular weight is 449 g/mol. The molecule has 1 N–H and O–H groups in total. The van der Waals surface area contributed by atoms with E-state index in [-0.39, 0.29) is 5.91 Å². The van der Waals surface area contributed by atoms with Crippen LogP contribution in [0.1, 0.15) is 12.0 Å². The molecule has 7 heteroatoms. The number of hydrogen-bond donors (Lipinski definition) is 1. The zero-order valence-electron chi connectivity index (χ0n) is 16.7. The molecule has 1 heterocycles. The minimum atomic E-state index is -0.0286. The van der Waals surface area contributed by atoms with Crippen molar-refractivity contribution in [1.82, 2.24) is 14.8 Å². The fraction of sp³-hybridized carbons (Fsp3) is 0.125. The molecule has 4 aromatic rings. The van der Waals surface area contributed by atoms with Crippen molar-refractivity contribution < 1.29 is 4.79 Å². The second-order valence-corrected chi connectivity index (χ2v) is 8.34. The first kappa shape index (κ1) is 21.2. The highest BCUT2D eigenvalue weighted by molar-refractivity contribution is 7.99. The zero-order valence-corrected chi connectivity index (χ0v) is 18.3. The van der Waals surface area contributed by atoms with Crippen molar-refractivity contribution in [1.29, 1.82) is 0 Å². The number of aromatic nitrogens is 3. The Labute approximate surface area is 190 Å². The summed E-state index contributed by atoms with van der Waals surface area (Å²) in [6, 6.07) is 27.2. The number of thioether (sulfide) groups is 1. The lowest BCUT2D eigenvalue weighted by molar-refractivity contribution is -0.115. The predicted octanol–water partition coefficient (Wildman–Crippen LogP) is 5.77. The maximum atomic E-state index is 12.3. The smallest absolute Gasteiger partial charge is 0.225 e. The van der Waals surface area contributed by atoms with Gasteiger partial charge in [0.25, 0.3) is 0 Å². The van der Waals surface area contributed by atoms with Gasteiger partial charge in [-0.05, 0) is 29.8 Å². The summed E-state index contributed by atoms with van der Waals surface area (Å²) in [5.41, 5.74) is 2.77. The van der Waals surface area contributed by atoms with Gasteiger partial charge in [-0.1, -0.05) is 84.0 Å². The van der Waals surface area contributed by atoms with Crippen LogP contribution in [-0.4, -0.2) is 26.4 Å². The van der Waals surface area contributed by atoms with Gasteiger partial charge < -0.3 is 5.32 Å². The summed E-state index contributed by atoms with van der Waals surface area (Å²) in [5.74, 6) is 1.28. The van der Waals surface area contributed by atoms with Gasteiger partial charge >= 0.3 is 0 Å². The summed E-state index contributed by atoms with van der Waals surface area (Å²) in [4.78, 5) is 12.3. The standard InChI is InChI=1S/C24H21ClN4OS/c25-21-14-8-7-13-20(21)23-27-28-24(29(23)17-18-9-3-1-4-10-18)31-16-15-22(30)26-19-11-5-2-6-12-19/h1-14H,15-17H2,(H,26,30). The highest BCUT2D eigenvalue weighted by Crippen LogP contribution is 2.30. The molecule has 0 spiro atoms. The van der Waals surface area contributed by atoms with Gasteiger partial charge in [0, 0.05) is 23.4 Å². The van der Waals surface area contributed by atoms with Gasteiger partial charge in [-0.3, -0.25) is 9.36 Å². The Morgan fingerprint density at radius 1 is 0.903 bits per heavy atom. The van der Waals surface area contributed by atoms with Gasteiger partial charge in [-0.15, -0.1) is 10.2 Å². The Bertz CT molecular complexity index is 1150.